The highest BCUT2D eigenvalue weighted by molar-refractivity contribution is 5.76. The van der Waals surface area contributed by atoms with Crippen molar-refractivity contribution in [2.45, 2.75) is 38.2 Å². The van der Waals surface area contributed by atoms with Crippen LogP contribution >= 0.6 is 0 Å². The van der Waals surface area contributed by atoms with Gasteiger partial charge < -0.3 is 15.0 Å². The highest BCUT2D eigenvalue weighted by Gasteiger charge is 2.17. The molecule has 1 atom stereocenters. The number of amides is 1. The minimum Gasteiger partial charge on any atom is -0.378 e. The van der Waals surface area contributed by atoms with Crippen LogP contribution in [0.5, 0.6) is 0 Å². The Morgan fingerprint density at radius 1 is 1.59 bits per heavy atom. The average molecular weight is 237 g/mol. The van der Waals surface area contributed by atoms with Crippen LogP contribution in [0.25, 0.3) is 0 Å². The lowest BCUT2D eigenvalue weighted by Crippen LogP contribution is -2.31. The Morgan fingerprint density at radius 3 is 3.24 bits per heavy atom. The zero-order valence-electron chi connectivity index (χ0n) is 9.95. The Hall–Kier alpha value is -1.36. The number of carbonyl (C=O) groups is 1. The minimum atomic E-state index is 0.0726. The van der Waals surface area contributed by atoms with Crippen LogP contribution in [0.1, 0.15) is 31.5 Å². The Bertz CT molecular complexity index is 332. The largest absolute Gasteiger partial charge is 0.378 e. The maximum Gasteiger partial charge on any atom is 0.222 e. The Kier molecular flexibility index (Phi) is 4.55. The predicted octanol–water partition coefficient (Wildman–Crippen LogP) is 1.03. The third-order valence-corrected chi connectivity index (χ3v) is 2.93. The van der Waals surface area contributed by atoms with Crippen molar-refractivity contribution >= 4 is 5.91 Å². The molecular weight excluding hydrogens is 218 g/mol. The molecule has 0 radical (unpaired) electrons. The van der Waals surface area contributed by atoms with Crippen molar-refractivity contribution in [2.75, 3.05) is 13.2 Å². The van der Waals surface area contributed by atoms with Crippen molar-refractivity contribution in [1.82, 2.24) is 15.3 Å². The van der Waals surface area contributed by atoms with E-state index in [1.54, 1.807) is 12.4 Å². The third-order valence-electron chi connectivity index (χ3n) is 2.93. The summed E-state index contributed by atoms with van der Waals surface area (Å²) in [6, 6.07) is 0. The zero-order valence-corrected chi connectivity index (χ0v) is 9.95. The summed E-state index contributed by atoms with van der Waals surface area (Å²) in [5, 5.41) is 2.89. The van der Waals surface area contributed by atoms with Gasteiger partial charge in [-0.15, -0.1) is 0 Å². The molecule has 0 bridgehead atoms. The number of hydrogen-bond acceptors (Lipinski definition) is 3. The van der Waals surface area contributed by atoms with Gasteiger partial charge in [0.15, 0.2) is 0 Å². The van der Waals surface area contributed by atoms with E-state index >= 15 is 0 Å². The number of nitrogens with zero attached hydrogens (tertiary/aromatic N) is 1. The van der Waals surface area contributed by atoms with Gasteiger partial charge in [-0.05, 0) is 19.3 Å². The lowest BCUT2D eigenvalue weighted by atomic mass is 10.1. The highest BCUT2D eigenvalue weighted by Crippen LogP contribution is 2.15. The predicted molar refractivity (Wildman–Crippen MR) is 63.5 cm³/mol. The second-order valence-corrected chi connectivity index (χ2v) is 4.33. The first-order valence-electron chi connectivity index (χ1n) is 6.21. The van der Waals surface area contributed by atoms with Crippen LogP contribution in [-0.4, -0.2) is 35.1 Å². The van der Waals surface area contributed by atoms with E-state index in [4.69, 9.17) is 4.74 Å². The van der Waals surface area contributed by atoms with Gasteiger partial charge in [0.1, 0.15) is 5.82 Å². The monoisotopic (exact) mass is 237 g/mol. The van der Waals surface area contributed by atoms with E-state index in [1.807, 2.05) is 0 Å². The topological polar surface area (TPSA) is 67.0 Å². The fraction of sp³-hybridized carbons (Fsp3) is 0.667. The molecule has 2 N–H and O–H groups in total. The normalized spacial score (nSPS) is 20.1. The SMILES string of the molecule is O=C(CC1CCCCO1)NCCc1ncc[nH]1. The van der Waals surface area contributed by atoms with Crippen molar-refractivity contribution in [3.8, 4) is 0 Å². The maximum absolute atomic E-state index is 11.6. The van der Waals surface area contributed by atoms with E-state index in [-0.39, 0.29) is 12.0 Å². The van der Waals surface area contributed by atoms with E-state index in [1.165, 1.54) is 6.42 Å². The molecule has 17 heavy (non-hydrogen) atoms. The standard InChI is InChI=1S/C12H19N3O2/c16-12(9-10-3-1-2-8-17-10)15-5-4-11-13-6-7-14-11/h6-7,10H,1-5,8-9H2,(H,13,14)(H,15,16). The quantitative estimate of drug-likeness (QED) is 0.803. The number of rotatable bonds is 5. The van der Waals surface area contributed by atoms with Crippen LogP contribution in [0.3, 0.4) is 0 Å². The molecule has 1 amide bonds. The fourth-order valence-corrected chi connectivity index (χ4v) is 2.00. The molecule has 94 valence electrons. The summed E-state index contributed by atoms with van der Waals surface area (Å²) in [5.74, 6) is 0.975. The first-order valence-corrected chi connectivity index (χ1v) is 6.21. The summed E-state index contributed by atoms with van der Waals surface area (Å²) in [7, 11) is 0. The summed E-state index contributed by atoms with van der Waals surface area (Å²) < 4.78 is 5.52. The van der Waals surface area contributed by atoms with Gasteiger partial charge in [-0.25, -0.2) is 4.98 Å². The number of hydrogen-bond donors (Lipinski definition) is 2. The van der Waals surface area contributed by atoms with Gasteiger partial charge in [-0.1, -0.05) is 0 Å². The summed E-state index contributed by atoms with van der Waals surface area (Å²) in [5.41, 5.74) is 0. The number of nitrogens with one attached hydrogen (secondary N) is 2. The van der Waals surface area contributed by atoms with Crippen LogP contribution in [0, 0.1) is 0 Å². The van der Waals surface area contributed by atoms with Gasteiger partial charge in [0, 0.05) is 32.0 Å². The van der Waals surface area contributed by atoms with Crippen LogP contribution in [-0.2, 0) is 16.0 Å². The van der Waals surface area contributed by atoms with Crippen LogP contribution in [0.2, 0.25) is 0 Å². The van der Waals surface area contributed by atoms with Crippen LogP contribution in [0.15, 0.2) is 12.4 Å². The molecule has 0 spiro atoms. The Balaban J connectivity index is 1.60. The summed E-state index contributed by atoms with van der Waals surface area (Å²) >= 11 is 0. The van der Waals surface area contributed by atoms with E-state index in [0.29, 0.717) is 13.0 Å². The minimum absolute atomic E-state index is 0.0726. The van der Waals surface area contributed by atoms with Crippen molar-refractivity contribution in [3.05, 3.63) is 18.2 Å². The van der Waals surface area contributed by atoms with E-state index in [2.05, 4.69) is 15.3 Å². The second kappa shape index (κ2) is 6.39. The smallest absolute Gasteiger partial charge is 0.222 e. The lowest BCUT2D eigenvalue weighted by molar-refractivity contribution is -0.124. The first-order chi connectivity index (χ1) is 8.34. The second-order valence-electron chi connectivity index (χ2n) is 4.33. The van der Waals surface area contributed by atoms with Gasteiger partial charge in [-0.3, -0.25) is 4.79 Å². The highest BCUT2D eigenvalue weighted by atomic mass is 16.5. The van der Waals surface area contributed by atoms with E-state index in [9.17, 15) is 4.79 Å². The van der Waals surface area contributed by atoms with Crippen LogP contribution < -0.4 is 5.32 Å². The van der Waals surface area contributed by atoms with Crippen LogP contribution in [0.4, 0.5) is 0 Å². The molecule has 1 fully saturated rings. The molecule has 1 unspecified atom stereocenters. The van der Waals surface area contributed by atoms with Gasteiger partial charge in [-0.2, -0.15) is 0 Å². The number of aromatic nitrogens is 2. The van der Waals surface area contributed by atoms with E-state index < -0.39 is 0 Å². The summed E-state index contributed by atoms with van der Waals surface area (Å²) in [6.45, 7) is 1.42. The molecule has 1 aromatic rings. The van der Waals surface area contributed by atoms with Gasteiger partial charge in [0.25, 0.3) is 0 Å². The molecule has 2 rings (SSSR count). The van der Waals surface area contributed by atoms with Gasteiger partial charge >= 0.3 is 0 Å². The van der Waals surface area contributed by atoms with Crippen molar-refractivity contribution in [1.29, 1.82) is 0 Å². The average Bonchev–Trinajstić information content (AvgIpc) is 2.83. The fourth-order valence-electron chi connectivity index (χ4n) is 2.00. The number of ether oxygens (including phenoxy) is 1. The van der Waals surface area contributed by atoms with E-state index in [0.717, 1.165) is 31.7 Å². The molecule has 0 aliphatic carbocycles. The molecular formula is C12H19N3O2. The number of H-pyrrole nitrogens is 1. The molecule has 0 aromatic carbocycles. The maximum atomic E-state index is 11.6. The Labute approximate surface area is 101 Å². The molecule has 5 nitrogen and oxygen atoms in total. The molecule has 5 heteroatoms. The third kappa shape index (κ3) is 4.19. The zero-order chi connectivity index (χ0) is 11.9. The molecule has 1 saturated heterocycles. The number of carbonyl (C=O) groups excluding carboxylic acids is 1. The van der Waals surface area contributed by atoms with Crippen molar-refractivity contribution < 1.29 is 9.53 Å². The summed E-state index contributed by atoms with van der Waals surface area (Å²) in [6.07, 6.45) is 8.14. The van der Waals surface area contributed by atoms with Crippen molar-refractivity contribution in [2.24, 2.45) is 0 Å². The number of imidazole rings is 1. The molecule has 0 saturated carbocycles. The first kappa shape index (κ1) is 12.1. The summed E-state index contributed by atoms with van der Waals surface area (Å²) in [4.78, 5) is 18.7. The van der Waals surface area contributed by atoms with Gasteiger partial charge in [0.05, 0.1) is 12.5 Å². The molecule has 1 aromatic heterocycles. The lowest BCUT2D eigenvalue weighted by Gasteiger charge is -2.21. The molecule has 2 heterocycles. The molecule has 1 aliphatic heterocycles. The number of aromatic amines is 1. The van der Waals surface area contributed by atoms with Gasteiger partial charge in [0.2, 0.25) is 5.91 Å². The van der Waals surface area contributed by atoms with Crippen molar-refractivity contribution in [3.63, 3.8) is 0 Å². The Morgan fingerprint density at radius 2 is 2.53 bits per heavy atom. The molecule has 1 aliphatic rings.